The smallest absolute Gasteiger partial charge is 0.403 e. The number of benzene rings is 1. The van der Waals surface area contributed by atoms with Gasteiger partial charge in [0.2, 0.25) is 5.91 Å². The van der Waals surface area contributed by atoms with E-state index in [1.54, 1.807) is 13.8 Å². The van der Waals surface area contributed by atoms with Gasteiger partial charge in [-0.05, 0) is 38.5 Å². The molecule has 2 atom stereocenters. The zero-order valence-electron chi connectivity index (χ0n) is 14.8. The van der Waals surface area contributed by atoms with E-state index in [0.717, 1.165) is 12.1 Å². The van der Waals surface area contributed by atoms with Crippen LogP contribution < -0.4 is 4.74 Å². The highest BCUT2D eigenvalue weighted by atomic mass is 32.2. The third-order valence-corrected chi connectivity index (χ3v) is 6.52. The van der Waals surface area contributed by atoms with Crippen LogP contribution >= 0.6 is 0 Å². The summed E-state index contributed by atoms with van der Waals surface area (Å²) in [6, 6.07) is 2.52. The van der Waals surface area contributed by atoms with E-state index >= 15 is 0 Å². The van der Waals surface area contributed by atoms with Gasteiger partial charge in [0, 0.05) is 18.5 Å². The molecule has 0 bridgehead atoms. The molecule has 0 radical (unpaired) electrons. The number of carbonyl (C=O) groups excluding carboxylic acids is 1. The van der Waals surface area contributed by atoms with Gasteiger partial charge >= 0.3 is 6.18 Å². The lowest BCUT2D eigenvalue weighted by Gasteiger charge is -2.45. The number of amides is 1. The van der Waals surface area contributed by atoms with Crippen molar-refractivity contribution in [2.45, 2.75) is 55.5 Å². The van der Waals surface area contributed by atoms with Crippen LogP contribution in [0.2, 0.25) is 0 Å². The second-order valence-electron chi connectivity index (χ2n) is 7.36. The van der Waals surface area contributed by atoms with E-state index in [1.165, 1.54) is 11.0 Å². The Hall–Kier alpha value is -1.81. The molecule has 1 aromatic carbocycles. The molecule has 150 valence electrons. The van der Waals surface area contributed by atoms with E-state index in [2.05, 4.69) is 0 Å². The zero-order chi connectivity index (χ0) is 20.2. The Labute approximate surface area is 154 Å². The van der Waals surface area contributed by atoms with Crippen molar-refractivity contribution >= 4 is 15.7 Å². The van der Waals surface area contributed by atoms with Crippen molar-refractivity contribution in [3.05, 3.63) is 23.8 Å². The Kier molecular flexibility index (Phi) is 4.70. The van der Waals surface area contributed by atoms with Crippen molar-refractivity contribution in [1.82, 2.24) is 4.90 Å². The number of aliphatic hydroxyl groups excluding tert-OH is 1. The first-order valence-electron chi connectivity index (χ1n) is 8.42. The number of rotatable bonds is 3. The Bertz CT molecular complexity index is 866. The highest BCUT2D eigenvalue weighted by molar-refractivity contribution is 7.91. The maximum Gasteiger partial charge on any atom is 0.403 e. The predicted molar refractivity (Wildman–Crippen MR) is 89.0 cm³/mol. The van der Waals surface area contributed by atoms with Crippen LogP contribution in [0, 0.1) is 0 Å². The number of sulfone groups is 1. The predicted octanol–water partition coefficient (Wildman–Crippen LogP) is 2.22. The van der Waals surface area contributed by atoms with Crippen LogP contribution in [-0.4, -0.2) is 54.5 Å². The first-order valence-corrected chi connectivity index (χ1v) is 10.1. The standard InChI is InChI=1S/C17H20F3NO5S/c1-16(2)15(23)14(21-7-3-4-13(21)22)11-8-10(5-6-12(11)26-16)27(24,25)9-17(18,19)20/h5-6,8,14-15,23H,3-4,7,9H2,1-2H3/t14-,15+/m1/s1. The summed E-state index contributed by atoms with van der Waals surface area (Å²) in [6.45, 7) is 3.63. The van der Waals surface area contributed by atoms with Gasteiger partial charge in [-0.3, -0.25) is 4.79 Å². The van der Waals surface area contributed by atoms with Crippen LogP contribution in [0.25, 0.3) is 0 Å². The molecule has 0 saturated carbocycles. The minimum absolute atomic E-state index is 0.195. The second-order valence-corrected chi connectivity index (χ2v) is 9.35. The molecule has 6 nitrogen and oxygen atoms in total. The van der Waals surface area contributed by atoms with Crippen molar-refractivity contribution in [1.29, 1.82) is 0 Å². The monoisotopic (exact) mass is 407 g/mol. The van der Waals surface area contributed by atoms with E-state index in [4.69, 9.17) is 4.74 Å². The average molecular weight is 407 g/mol. The molecule has 0 unspecified atom stereocenters. The number of fused-ring (bicyclic) bond motifs is 1. The van der Waals surface area contributed by atoms with Gasteiger partial charge in [-0.1, -0.05) is 0 Å². The molecule has 2 heterocycles. The molecule has 0 aromatic heterocycles. The molecule has 1 saturated heterocycles. The number of carbonyl (C=O) groups is 1. The van der Waals surface area contributed by atoms with Gasteiger partial charge in [-0.25, -0.2) is 8.42 Å². The third-order valence-electron chi connectivity index (χ3n) is 4.84. The van der Waals surface area contributed by atoms with Gasteiger partial charge in [0.15, 0.2) is 15.6 Å². The molecular formula is C17H20F3NO5S. The largest absolute Gasteiger partial charge is 0.485 e. The number of likely N-dealkylation sites (tertiary alicyclic amines) is 1. The van der Waals surface area contributed by atoms with Crippen LogP contribution in [0.5, 0.6) is 5.75 Å². The number of aliphatic hydroxyl groups is 1. The zero-order valence-corrected chi connectivity index (χ0v) is 15.6. The summed E-state index contributed by atoms with van der Waals surface area (Å²) in [4.78, 5) is 13.1. The summed E-state index contributed by atoms with van der Waals surface area (Å²) in [6.07, 6.45) is -5.17. The molecule has 10 heteroatoms. The molecule has 1 amide bonds. The van der Waals surface area contributed by atoms with E-state index in [1.807, 2.05) is 0 Å². The van der Waals surface area contributed by atoms with E-state index < -0.39 is 44.4 Å². The molecule has 2 aliphatic heterocycles. The number of halogens is 3. The highest BCUT2D eigenvalue weighted by Crippen LogP contribution is 2.45. The Morgan fingerprint density at radius 3 is 2.56 bits per heavy atom. The minimum atomic E-state index is -4.88. The van der Waals surface area contributed by atoms with Crippen LogP contribution in [0.15, 0.2) is 23.1 Å². The fourth-order valence-electron chi connectivity index (χ4n) is 3.54. The number of hydrogen-bond donors (Lipinski definition) is 1. The first-order chi connectivity index (χ1) is 12.3. The topological polar surface area (TPSA) is 83.9 Å². The molecule has 1 fully saturated rings. The van der Waals surface area contributed by atoms with Gasteiger partial charge in [0.05, 0.1) is 10.9 Å². The molecule has 3 rings (SSSR count). The minimum Gasteiger partial charge on any atom is -0.485 e. The Morgan fingerprint density at radius 1 is 1.33 bits per heavy atom. The number of hydrogen-bond acceptors (Lipinski definition) is 5. The first kappa shape index (κ1) is 19.9. The molecule has 2 aliphatic rings. The average Bonchev–Trinajstić information content (AvgIpc) is 2.91. The summed E-state index contributed by atoms with van der Waals surface area (Å²) >= 11 is 0. The molecule has 0 spiro atoms. The van der Waals surface area contributed by atoms with Gasteiger partial charge < -0.3 is 14.7 Å². The normalized spacial score (nSPS) is 25.3. The quantitative estimate of drug-likeness (QED) is 0.831. The summed E-state index contributed by atoms with van der Waals surface area (Å²) in [7, 11) is -4.62. The maximum atomic E-state index is 12.6. The van der Waals surface area contributed by atoms with Crippen molar-refractivity contribution in [2.75, 3.05) is 12.3 Å². The van der Waals surface area contributed by atoms with Gasteiger partial charge in [0.1, 0.15) is 17.5 Å². The summed E-state index contributed by atoms with van der Waals surface area (Å²) < 4.78 is 67.8. The van der Waals surface area contributed by atoms with Crippen LogP contribution in [0.3, 0.4) is 0 Å². The lowest BCUT2D eigenvalue weighted by atomic mass is 9.85. The van der Waals surface area contributed by atoms with Gasteiger partial charge in [0.25, 0.3) is 0 Å². The third kappa shape index (κ3) is 3.77. The van der Waals surface area contributed by atoms with Crippen LogP contribution in [0.4, 0.5) is 13.2 Å². The Balaban J connectivity index is 2.10. The van der Waals surface area contributed by atoms with Crippen molar-refractivity contribution < 1.29 is 36.2 Å². The van der Waals surface area contributed by atoms with E-state index in [9.17, 15) is 31.5 Å². The number of nitrogens with zero attached hydrogens (tertiary/aromatic N) is 1. The lowest BCUT2D eigenvalue weighted by molar-refractivity contribution is -0.139. The maximum absolute atomic E-state index is 12.6. The van der Waals surface area contributed by atoms with Gasteiger partial charge in [-0.2, -0.15) is 13.2 Å². The molecule has 0 aliphatic carbocycles. The highest BCUT2D eigenvalue weighted by Gasteiger charge is 2.48. The summed E-state index contributed by atoms with van der Waals surface area (Å²) in [5.74, 6) is -1.95. The number of ether oxygens (including phenoxy) is 1. The second kappa shape index (κ2) is 6.37. The van der Waals surface area contributed by atoms with Crippen molar-refractivity contribution in [2.24, 2.45) is 0 Å². The Morgan fingerprint density at radius 2 is 2.00 bits per heavy atom. The molecule has 1 aromatic rings. The summed E-state index contributed by atoms with van der Waals surface area (Å²) in [5.41, 5.74) is -0.868. The van der Waals surface area contributed by atoms with Crippen molar-refractivity contribution in [3.8, 4) is 5.75 Å². The van der Waals surface area contributed by atoms with E-state index in [0.29, 0.717) is 19.4 Å². The van der Waals surface area contributed by atoms with E-state index in [-0.39, 0.29) is 17.2 Å². The summed E-state index contributed by atoms with van der Waals surface area (Å²) in [5, 5.41) is 10.8. The molecular weight excluding hydrogens is 387 g/mol. The molecule has 27 heavy (non-hydrogen) atoms. The fraction of sp³-hybridized carbons (Fsp3) is 0.588. The lowest BCUT2D eigenvalue weighted by Crippen LogP contribution is -2.53. The van der Waals surface area contributed by atoms with Crippen LogP contribution in [0.1, 0.15) is 38.3 Å². The van der Waals surface area contributed by atoms with Crippen molar-refractivity contribution in [3.63, 3.8) is 0 Å². The number of alkyl halides is 3. The SMILES string of the molecule is CC1(C)Oc2ccc(S(=O)(=O)CC(F)(F)F)cc2[C@@H](N2CCCC2=O)[C@@H]1O. The van der Waals surface area contributed by atoms with Gasteiger partial charge in [-0.15, -0.1) is 0 Å². The van der Waals surface area contributed by atoms with Crippen LogP contribution in [-0.2, 0) is 14.6 Å². The fourth-order valence-corrected chi connectivity index (χ4v) is 4.72. The molecule has 1 N–H and O–H groups in total.